The van der Waals surface area contributed by atoms with Crippen LogP contribution in [0.15, 0.2) is 48.5 Å². The quantitative estimate of drug-likeness (QED) is 0.495. The van der Waals surface area contributed by atoms with Gasteiger partial charge in [-0.3, -0.25) is 14.8 Å². The number of hydrogen-bond donors (Lipinski definition) is 2. The zero-order chi connectivity index (χ0) is 18.5. The number of hydrogen-bond acceptors (Lipinski definition) is 3. The molecule has 26 heavy (non-hydrogen) atoms. The first kappa shape index (κ1) is 17.3. The van der Waals surface area contributed by atoms with Gasteiger partial charge in [0.05, 0.1) is 6.54 Å². The van der Waals surface area contributed by atoms with Crippen LogP contribution in [-0.4, -0.2) is 34.7 Å². The maximum Gasteiger partial charge on any atom is 0.270 e. The summed E-state index contributed by atoms with van der Waals surface area (Å²) in [4.78, 5) is 23.3. The Hall–Kier alpha value is -3.54. The number of carbonyl (C=O) groups is 2. The van der Waals surface area contributed by atoms with E-state index in [-0.39, 0.29) is 12.5 Å². The van der Waals surface area contributed by atoms with Crippen molar-refractivity contribution in [2.45, 2.75) is 13.0 Å². The third kappa shape index (κ3) is 4.10. The molecule has 5 nitrogen and oxygen atoms in total. The second-order valence-electron chi connectivity index (χ2n) is 5.89. The van der Waals surface area contributed by atoms with E-state index >= 15 is 0 Å². The lowest BCUT2D eigenvalue weighted by molar-refractivity contribution is -0.189. The van der Waals surface area contributed by atoms with Crippen molar-refractivity contribution in [2.24, 2.45) is 0 Å². The van der Waals surface area contributed by atoms with Crippen molar-refractivity contribution in [1.29, 1.82) is 0 Å². The lowest BCUT2D eigenvalue weighted by atomic mass is 10.1. The molecule has 1 heterocycles. The topological polar surface area (TPSA) is 69.6 Å². The molecule has 1 saturated heterocycles. The molecule has 0 spiro atoms. The largest absolute Gasteiger partial charge is 0.338 e. The summed E-state index contributed by atoms with van der Waals surface area (Å²) < 4.78 is 0. The standard InChI is InChI=1S/C21H16N2O3/c1-15-6-8-16(9-7-15)4-2-3-5-17-10-12-18(13-11-17)20(24)22-19-14-23(26)21(19)25/h6-13,19,26H,14H2,1H3,(H,22,24)/t19-/m1/s1. The van der Waals surface area contributed by atoms with Crippen LogP contribution in [0.1, 0.15) is 27.0 Å². The van der Waals surface area contributed by atoms with Crippen molar-refractivity contribution in [3.8, 4) is 23.7 Å². The fourth-order valence-corrected chi connectivity index (χ4v) is 2.31. The van der Waals surface area contributed by atoms with E-state index in [1.165, 1.54) is 5.56 Å². The number of rotatable bonds is 2. The van der Waals surface area contributed by atoms with Gasteiger partial charge in [0.2, 0.25) is 0 Å². The van der Waals surface area contributed by atoms with E-state index in [2.05, 4.69) is 29.0 Å². The molecule has 0 aliphatic carbocycles. The molecule has 0 bridgehead atoms. The van der Waals surface area contributed by atoms with Crippen molar-refractivity contribution in [1.82, 2.24) is 10.4 Å². The van der Waals surface area contributed by atoms with Crippen LogP contribution in [0.4, 0.5) is 0 Å². The predicted octanol–water partition coefficient (Wildman–Crippen LogP) is 1.73. The molecule has 2 aromatic rings. The number of carbonyl (C=O) groups excluding carboxylic acids is 2. The fourth-order valence-electron chi connectivity index (χ4n) is 2.31. The van der Waals surface area contributed by atoms with Crippen molar-refractivity contribution in [3.63, 3.8) is 0 Å². The third-order valence-electron chi connectivity index (χ3n) is 3.89. The maximum absolute atomic E-state index is 12.0. The first-order valence-corrected chi connectivity index (χ1v) is 8.03. The van der Waals surface area contributed by atoms with Gasteiger partial charge in [-0.2, -0.15) is 0 Å². The molecule has 2 N–H and O–H groups in total. The van der Waals surface area contributed by atoms with E-state index in [9.17, 15) is 9.59 Å². The van der Waals surface area contributed by atoms with E-state index in [4.69, 9.17) is 5.21 Å². The summed E-state index contributed by atoms with van der Waals surface area (Å²) in [5.41, 5.74) is 3.25. The van der Waals surface area contributed by atoms with Gasteiger partial charge in [0, 0.05) is 16.7 Å². The van der Waals surface area contributed by atoms with Gasteiger partial charge in [-0.05, 0) is 55.2 Å². The fraction of sp³-hybridized carbons (Fsp3) is 0.143. The van der Waals surface area contributed by atoms with Crippen LogP contribution in [0.5, 0.6) is 0 Å². The van der Waals surface area contributed by atoms with E-state index in [0.29, 0.717) is 10.6 Å². The molecule has 3 rings (SSSR count). The number of aryl methyl sites for hydroxylation is 1. The maximum atomic E-state index is 12.0. The van der Waals surface area contributed by atoms with E-state index < -0.39 is 11.9 Å². The van der Waals surface area contributed by atoms with E-state index in [1.54, 1.807) is 24.3 Å². The van der Waals surface area contributed by atoms with Crippen molar-refractivity contribution < 1.29 is 14.8 Å². The molecular formula is C21H16N2O3. The zero-order valence-electron chi connectivity index (χ0n) is 14.1. The Morgan fingerprint density at radius 3 is 2.08 bits per heavy atom. The molecule has 1 aliphatic heterocycles. The SMILES string of the molecule is Cc1ccc(C#CC#Cc2ccc(C(=O)N[C@@H]3CN(O)C3=O)cc2)cc1. The lowest BCUT2D eigenvalue weighted by Gasteiger charge is -2.33. The monoisotopic (exact) mass is 344 g/mol. The van der Waals surface area contributed by atoms with Crippen LogP contribution >= 0.6 is 0 Å². The second-order valence-corrected chi connectivity index (χ2v) is 5.89. The minimum atomic E-state index is -0.663. The van der Waals surface area contributed by atoms with Gasteiger partial charge in [0.15, 0.2) is 0 Å². The molecule has 1 fully saturated rings. The molecule has 0 saturated carbocycles. The van der Waals surface area contributed by atoms with Gasteiger partial charge < -0.3 is 5.32 Å². The summed E-state index contributed by atoms with van der Waals surface area (Å²) >= 11 is 0. The van der Waals surface area contributed by atoms with Crippen LogP contribution in [0.25, 0.3) is 0 Å². The van der Waals surface area contributed by atoms with Crippen LogP contribution < -0.4 is 5.32 Å². The van der Waals surface area contributed by atoms with Crippen LogP contribution in [0.3, 0.4) is 0 Å². The first-order chi connectivity index (χ1) is 12.5. The average molecular weight is 344 g/mol. The summed E-state index contributed by atoms with van der Waals surface area (Å²) in [5.74, 6) is 10.6. The summed E-state index contributed by atoms with van der Waals surface area (Å²) in [6.45, 7) is 2.13. The van der Waals surface area contributed by atoms with Gasteiger partial charge >= 0.3 is 0 Å². The minimum Gasteiger partial charge on any atom is -0.338 e. The average Bonchev–Trinajstić information content (AvgIpc) is 2.66. The molecule has 5 heteroatoms. The molecule has 2 amide bonds. The van der Waals surface area contributed by atoms with Gasteiger partial charge in [-0.25, -0.2) is 5.06 Å². The summed E-state index contributed by atoms with van der Waals surface area (Å²) in [6.07, 6.45) is 0. The van der Waals surface area contributed by atoms with Crippen LogP contribution in [0, 0.1) is 30.6 Å². The Labute approximate surface area is 151 Å². The normalized spacial score (nSPS) is 15.1. The molecule has 1 aliphatic rings. The Balaban J connectivity index is 1.59. The number of β-lactam (4-membered cyclic amide) rings is 1. The highest BCUT2D eigenvalue weighted by Gasteiger charge is 2.37. The second kappa shape index (κ2) is 7.57. The number of benzene rings is 2. The van der Waals surface area contributed by atoms with Crippen molar-refractivity contribution >= 4 is 11.8 Å². The molecular weight excluding hydrogens is 328 g/mol. The Morgan fingerprint density at radius 2 is 1.58 bits per heavy atom. The first-order valence-electron chi connectivity index (χ1n) is 8.03. The number of nitrogens with zero attached hydrogens (tertiary/aromatic N) is 1. The van der Waals surface area contributed by atoms with Crippen molar-refractivity contribution in [3.05, 3.63) is 70.8 Å². The van der Waals surface area contributed by atoms with E-state index in [1.807, 2.05) is 31.2 Å². The molecule has 2 aromatic carbocycles. The molecule has 1 atom stereocenters. The van der Waals surface area contributed by atoms with Gasteiger partial charge in [-0.1, -0.05) is 29.5 Å². The molecule has 0 aromatic heterocycles. The highest BCUT2D eigenvalue weighted by molar-refractivity contribution is 5.99. The predicted molar refractivity (Wildman–Crippen MR) is 96.1 cm³/mol. The Kier molecular flexibility index (Phi) is 5.03. The lowest BCUT2D eigenvalue weighted by Crippen LogP contribution is -2.62. The number of nitrogens with one attached hydrogen (secondary N) is 1. The van der Waals surface area contributed by atoms with Crippen LogP contribution in [0.2, 0.25) is 0 Å². The van der Waals surface area contributed by atoms with Crippen LogP contribution in [-0.2, 0) is 4.79 Å². The highest BCUT2D eigenvalue weighted by atomic mass is 16.5. The van der Waals surface area contributed by atoms with Gasteiger partial charge in [0.1, 0.15) is 6.04 Å². The molecule has 0 radical (unpaired) electrons. The van der Waals surface area contributed by atoms with Gasteiger partial charge in [0.25, 0.3) is 11.8 Å². The minimum absolute atomic E-state index is 0.105. The van der Waals surface area contributed by atoms with Crippen molar-refractivity contribution in [2.75, 3.05) is 6.54 Å². The summed E-state index contributed by atoms with van der Waals surface area (Å²) in [6, 6.07) is 13.9. The molecule has 0 unspecified atom stereocenters. The summed E-state index contributed by atoms with van der Waals surface area (Å²) in [7, 11) is 0. The number of amides is 2. The molecule has 128 valence electrons. The Bertz CT molecular complexity index is 955. The Morgan fingerprint density at radius 1 is 1.04 bits per heavy atom. The highest BCUT2D eigenvalue weighted by Crippen LogP contribution is 2.09. The number of hydroxylamine groups is 2. The van der Waals surface area contributed by atoms with E-state index in [0.717, 1.165) is 11.1 Å². The smallest absolute Gasteiger partial charge is 0.270 e. The summed E-state index contributed by atoms with van der Waals surface area (Å²) in [5, 5.41) is 12.1. The third-order valence-corrected chi connectivity index (χ3v) is 3.89. The zero-order valence-corrected chi connectivity index (χ0v) is 14.1. The van der Waals surface area contributed by atoms with Gasteiger partial charge in [-0.15, -0.1) is 0 Å².